The van der Waals surface area contributed by atoms with Gasteiger partial charge >= 0.3 is 0 Å². The van der Waals surface area contributed by atoms with Crippen molar-refractivity contribution in [1.82, 2.24) is 0 Å². The monoisotopic (exact) mass is 268 g/mol. The molecule has 0 aliphatic heterocycles. The highest BCUT2D eigenvalue weighted by atomic mass is 15.1. The lowest BCUT2D eigenvalue weighted by Crippen LogP contribution is -2.19. The van der Waals surface area contributed by atoms with Crippen LogP contribution in [0.25, 0.3) is 0 Å². The van der Waals surface area contributed by atoms with Crippen LogP contribution >= 0.6 is 0 Å². The minimum atomic E-state index is 0.834. The first-order valence-electron chi connectivity index (χ1n) is 7.18. The summed E-state index contributed by atoms with van der Waals surface area (Å²) in [5.74, 6) is 0. The van der Waals surface area contributed by atoms with Gasteiger partial charge in [-0.2, -0.15) is 0 Å². The topological polar surface area (TPSA) is 29.3 Å². The van der Waals surface area contributed by atoms with Gasteiger partial charge in [-0.05, 0) is 67.6 Å². The van der Waals surface area contributed by atoms with Gasteiger partial charge in [0.1, 0.15) is 0 Å². The maximum Gasteiger partial charge on any atom is 0.0368 e. The van der Waals surface area contributed by atoms with E-state index in [1.807, 2.05) is 12.1 Å². The molecule has 0 saturated carbocycles. The van der Waals surface area contributed by atoms with Gasteiger partial charge in [-0.1, -0.05) is 18.2 Å². The van der Waals surface area contributed by atoms with Crippen LogP contribution in [0.1, 0.15) is 23.1 Å². The zero-order valence-corrected chi connectivity index (χ0v) is 12.7. The van der Waals surface area contributed by atoms with E-state index in [9.17, 15) is 0 Å². The van der Waals surface area contributed by atoms with Gasteiger partial charge in [-0.15, -0.1) is 0 Å². The molecule has 2 N–H and O–H groups in total. The first-order chi connectivity index (χ1) is 9.54. The van der Waals surface area contributed by atoms with Crippen LogP contribution in [0.5, 0.6) is 0 Å². The number of benzene rings is 2. The second-order valence-electron chi connectivity index (χ2n) is 5.61. The lowest BCUT2D eigenvalue weighted by molar-refractivity contribution is 0.785. The van der Waals surface area contributed by atoms with E-state index in [4.69, 9.17) is 5.73 Å². The van der Waals surface area contributed by atoms with E-state index in [1.54, 1.807) is 0 Å². The number of anilines is 2. The van der Waals surface area contributed by atoms with Crippen LogP contribution in [0.3, 0.4) is 0 Å². The fourth-order valence-corrected chi connectivity index (χ4v) is 2.50. The summed E-state index contributed by atoms with van der Waals surface area (Å²) < 4.78 is 0. The Bertz CT molecular complexity index is 538. The molecule has 0 aliphatic carbocycles. The predicted molar refractivity (Wildman–Crippen MR) is 88.4 cm³/mol. The predicted octanol–water partition coefficient (Wildman–Crippen LogP) is 3.95. The third-order valence-corrected chi connectivity index (χ3v) is 3.59. The van der Waals surface area contributed by atoms with E-state index in [0.29, 0.717) is 0 Å². The molecule has 0 unspecified atom stereocenters. The minimum absolute atomic E-state index is 0.834. The van der Waals surface area contributed by atoms with Gasteiger partial charge in [0, 0.05) is 25.0 Å². The quantitative estimate of drug-likeness (QED) is 0.832. The molecule has 2 rings (SSSR count). The van der Waals surface area contributed by atoms with Crippen LogP contribution in [-0.4, -0.2) is 13.6 Å². The maximum absolute atomic E-state index is 5.70. The number of hydrogen-bond acceptors (Lipinski definition) is 2. The van der Waals surface area contributed by atoms with Crippen molar-refractivity contribution in [1.29, 1.82) is 0 Å². The van der Waals surface area contributed by atoms with Gasteiger partial charge in [-0.3, -0.25) is 0 Å². The molecule has 0 aliphatic rings. The van der Waals surface area contributed by atoms with Crippen LogP contribution in [-0.2, 0) is 6.42 Å². The molecular weight excluding hydrogens is 244 g/mol. The summed E-state index contributed by atoms with van der Waals surface area (Å²) in [6.45, 7) is 5.37. The molecule has 2 heteroatoms. The molecule has 20 heavy (non-hydrogen) atoms. The Kier molecular flexibility index (Phi) is 4.67. The van der Waals surface area contributed by atoms with Crippen molar-refractivity contribution in [2.45, 2.75) is 26.7 Å². The van der Waals surface area contributed by atoms with Crippen molar-refractivity contribution in [2.75, 3.05) is 24.2 Å². The van der Waals surface area contributed by atoms with E-state index in [2.05, 4.69) is 56.1 Å². The summed E-state index contributed by atoms with van der Waals surface area (Å²) >= 11 is 0. The first kappa shape index (κ1) is 14.4. The average molecular weight is 268 g/mol. The van der Waals surface area contributed by atoms with Crippen LogP contribution in [0.15, 0.2) is 42.5 Å². The second kappa shape index (κ2) is 6.47. The Morgan fingerprint density at radius 1 is 0.950 bits per heavy atom. The third-order valence-electron chi connectivity index (χ3n) is 3.59. The molecule has 106 valence electrons. The normalized spacial score (nSPS) is 10.6. The van der Waals surface area contributed by atoms with E-state index in [1.165, 1.54) is 22.4 Å². The molecule has 2 aromatic carbocycles. The summed E-state index contributed by atoms with van der Waals surface area (Å²) in [5, 5.41) is 0. The average Bonchev–Trinajstić information content (AvgIpc) is 2.40. The zero-order valence-electron chi connectivity index (χ0n) is 12.7. The summed E-state index contributed by atoms with van der Waals surface area (Å²) in [6.07, 6.45) is 2.24. The smallest absolute Gasteiger partial charge is 0.0368 e. The highest BCUT2D eigenvalue weighted by Gasteiger charge is 2.02. The highest BCUT2D eigenvalue weighted by Crippen LogP contribution is 2.18. The number of nitrogen functional groups attached to an aromatic ring is 1. The fraction of sp³-hybridized carbons (Fsp3) is 0.333. The van der Waals surface area contributed by atoms with Gasteiger partial charge in [0.25, 0.3) is 0 Å². The molecular formula is C18H24N2. The van der Waals surface area contributed by atoms with Crippen molar-refractivity contribution in [3.8, 4) is 0 Å². The molecule has 0 amide bonds. The summed E-state index contributed by atoms with van der Waals surface area (Å²) in [4.78, 5) is 2.33. The van der Waals surface area contributed by atoms with Gasteiger partial charge in [0.15, 0.2) is 0 Å². The molecule has 0 fully saturated rings. The largest absolute Gasteiger partial charge is 0.399 e. The van der Waals surface area contributed by atoms with Gasteiger partial charge in [-0.25, -0.2) is 0 Å². The molecule has 0 radical (unpaired) electrons. The summed E-state index contributed by atoms with van der Waals surface area (Å²) in [6, 6.07) is 14.9. The minimum Gasteiger partial charge on any atom is -0.399 e. The van der Waals surface area contributed by atoms with E-state index in [0.717, 1.165) is 25.1 Å². The Hall–Kier alpha value is -1.96. The fourth-order valence-electron chi connectivity index (χ4n) is 2.50. The highest BCUT2D eigenvalue weighted by molar-refractivity contribution is 5.50. The molecule has 2 aromatic rings. The molecule has 0 heterocycles. The number of rotatable bonds is 5. The SMILES string of the molecule is Cc1cc(C)cc(N(C)CCCc2ccc(N)cc2)c1. The summed E-state index contributed by atoms with van der Waals surface area (Å²) in [7, 11) is 2.16. The maximum atomic E-state index is 5.70. The number of aryl methyl sites for hydroxylation is 3. The Balaban J connectivity index is 1.88. The van der Waals surface area contributed by atoms with Gasteiger partial charge in [0.05, 0.1) is 0 Å². The lowest BCUT2D eigenvalue weighted by atomic mass is 10.1. The van der Waals surface area contributed by atoms with Crippen molar-refractivity contribution in [3.05, 3.63) is 59.2 Å². The van der Waals surface area contributed by atoms with Crippen molar-refractivity contribution < 1.29 is 0 Å². The van der Waals surface area contributed by atoms with Gasteiger partial charge in [0.2, 0.25) is 0 Å². The number of nitrogens with zero attached hydrogens (tertiary/aromatic N) is 1. The number of hydrogen-bond donors (Lipinski definition) is 1. The van der Waals surface area contributed by atoms with Crippen LogP contribution in [0, 0.1) is 13.8 Å². The third kappa shape index (κ3) is 4.02. The molecule has 0 spiro atoms. The zero-order chi connectivity index (χ0) is 14.5. The first-order valence-corrected chi connectivity index (χ1v) is 7.18. The Labute approximate surface area is 122 Å². The van der Waals surface area contributed by atoms with Crippen molar-refractivity contribution in [2.24, 2.45) is 0 Å². The molecule has 2 nitrogen and oxygen atoms in total. The number of nitrogens with two attached hydrogens (primary N) is 1. The van der Waals surface area contributed by atoms with Crippen LogP contribution in [0.2, 0.25) is 0 Å². The van der Waals surface area contributed by atoms with Crippen LogP contribution in [0.4, 0.5) is 11.4 Å². The molecule has 0 bridgehead atoms. The van der Waals surface area contributed by atoms with Crippen molar-refractivity contribution >= 4 is 11.4 Å². The van der Waals surface area contributed by atoms with Crippen LogP contribution < -0.4 is 10.6 Å². The molecule has 0 saturated heterocycles. The Morgan fingerprint density at radius 3 is 2.15 bits per heavy atom. The van der Waals surface area contributed by atoms with E-state index >= 15 is 0 Å². The molecule has 0 atom stereocenters. The Morgan fingerprint density at radius 2 is 1.55 bits per heavy atom. The lowest BCUT2D eigenvalue weighted by Gasteiger charge is -2.20. The van der Waals surface area contributed by atoms with Crippen molar-refractivity contribution in [3.63, 3.8) is 0 Å². The standard InChI is InChI=1S/C18H24N2/c1-14-11-15(2)13-18(12-14)20(3)10-4-5-16-6-8-17(19)9-7-16/h6-9,11-13H,4-5,10,19H2,1-3H3. The second-order valence-corrected chi connectivity index (χ2v) is 5.61. The van der Waals surface area contributed by atoms with E-state index < -0.39 is 0 Å². The van der Waals surface area contributed by atoms with Gasteiger partial charge < -0.3 is 10.6 Å². The summed E-state index contributed by atoms with van der Waals surface area (Å²) in [5.41, 5.74) is 11.8. The molecule has 0 aromatic heterocycles. The van der Waals surface area contributed by atoms with E-state index in [-0.39, 0.29) is 0 Å².